The minimum atomic E-state index is 0. The van der Waals surface area contributed by atoms with Crippen LogP contribution in [0.5, 0.6) is 0 Å². The van der Waals surface area contributed by atoms with Crippen LogP contribution in [0.1, 0.15) is 25.0 Å². The molecule has 3 rings (SSSR count). The second-order valence-electron chi connectivity index (χ2n) is 8.06. The average Bonchev–Trinajstić information content (AvgIpc) is 2.80. The summed E-state index contributed by atoms with van der Waals surface area (Å²) in [5.41, 5.74) is 3.97. The van der Waals surface area contributed by atoms with E-state index in [4.69, 9.17) is 9.73 Å². The lowest BCUT2D eigenvalue weighted by molar-refractivity contribution is 0.179. The molecule has 0 bridgehead atoms. The Bertz CT molecular complexity index is 809. The van der Waals surface area contributed by atoms with Gasteiger partial charge in [-0.2, -0.15) is 0 Å². The Balaban J connectivity index is 0.00000363. The number of ether oxygens (including phenoxy) is 1. The van der Waals surface area contributed by atoms with Gasteiger partial charge < -0.3 is 20.3 Å². The molecule has 0 saturated carbocycles. The third kappa shape index (κ3) is 8.26. The maximum atomic E-state index is 5.23. The van der Waals surface area contributed by atoms with Gasteiger partial charge >= 0.3 is 0 Å². The van der Waals surface area contributed by atoms with Crippen molar-refractivity contribution in [2.45, 2.75) is 33.0 Å². The Kier molecular flexibility index (Phi) is 11.8. The third-order valence-electron chi connectivity index (χ3n) is 5.56. The number of hydrogen-bond acceptors (Lipinski definition) is 4. The van der Waals surface area contributed by atoms with Crippen molar-refractivity contribution >= 4 is 35.6 Å². The van der Waals surface area contributed by atoms with E-state index in [2.05, 4.69) is 88.9 Å². The molecule has 0 amide bonds. The summed E-state index contributed by atoms with van der Waals surface area (Å²) in [6.45, 7) is 11.6. The molecule has 176 valence electrons. The van der Waals surface area contributed by atoms with Crippen LogP contribution in [0.2, 0.25) is 0 Å². The summed E-state index contributed by atoms with van der Waals surface area (Å²) in [4.78, 5) is 9.85. The van der Waals surface area contributed by atoms with Crippen molar-refractivity contribution in [2.24, 2.45) is 4.99 Å². The standard InChI is InChI=1S/C25H37N5O.HI/c1-4-26-25(28-21(2)20-31-3)27-18-22-10-8-9-11-23(22)19-29-14-16-30(17-15-29)24-12-6-5-7-13-24;/h5-13,21H,4,14-20H2,1-3H3,(H2,26,27,28);1H. The summed E-state index contributed by atoms with van der Waals surface area (Å²) in [5.74, 6) is 0.832. The zero-order chi connectivity index (χ0) is 21.9. The number of aliphatic imine (C=N–C) groups is 1. The highest BCUT2D eigenvalue weighted by molar-refractivity contribution is 14.0. The Hall–Kier alpha value is -1.84. The summed E-state index contributed by atoms with van der Waals surface area (Å²) in [6, 6.07) is 19.6. The Labute approximate surface area is 210 Å². The topological polar surface area (TPSA) is 52.1 Å². The number of anilines is 1. The fourth-order valence-corrected chi connectivity index (χ4v) is 3.92. The molecular formula is C25H38IN5O. The highest BCUT2D eigenvalue weighted by atomic mass is 127. The molecule has 1 unspecified atom stereocenters. The molecule has 0 spiro atoms. The highest BCUT2D eigenvalue weighted by Gasteiger charge is 2.18. The number of guanidine groups is 1. The zero-order valence-corrected chi connectivity index (χ0v) is 21.9. The number of piperazine rings is 1. The van der Waals surface area contributed by atoms with Crippen molar-refractivity contribution in [3.05, 3.63) is 65.7 Å². The highest BCUT2D eigenvalue weighted by Crippen LogP contribution is 2.18. The summed E-state index contributed by atoms with van der Waals surface area (Å²) < 4.78 is 5.23. The molecular weight excluding hydrogens is 513 g/mol. The molecule has 32 heavy (non-hydrogen) atoms. The number of rotatable bonds is 9. The maximum Gasteiger partial charge on any atom is 0.191 e. The third-order valence-corrected chi connectivity index (χ3v) is 5.56. The monoisotopic (exact) mass is 551 g/mol. The molecule has 2 aromatic carbocycles. The predicted molar refractivity (Wildman–Crippen MR) is 145 cm³/mol. The van der Waals surface area contributed by atoms with Gasteiger partial charge in [-0.25, -0.2) is 4.99 Å². The Morgan fingerprint density at radius 3 is 2.31 bits per heavy atom. The normalized spacial score (nSPS) is 15.7. The van der Waals surface area contributed by atoms with Crippen LogP contribution < -0.4 is 15.5 Å². The van der Waals surface area contributed by atoms with Crippen molar-refractivity contribution in [3.63, 3.8) is 0 Å². The molecule has 0 aliphatic carbocycles. The van der Waals surface area contributed by atoms with Crippen molar-refractivity contribution in [3.8, 4) is 0 Å². The number of para-hydroxylation sites is 1. The van der Waals surface area contributed by atoms with E-state index >= 15 is 0 Å². The number of hydrogen-bond donors (Lipinski definition) is 2. The smallest absolute Gasteiger partial charge is 0.191 e. The van der Waals surface area contributed by atoms with Crippen LogP contribution in [0, 0.1) is 0 Å². The average molecular weight is 552 g/mol. The largest absolute Gasteiger partial charge is 0.383 e. The van der Waals surface area contributed by atoms with Gasteiger partial charge in [0.05, 0.1) is 13.2 Å². The van der Waals surface area contributed by atoms with Crippen LogP contribution in [0.25, 0.3) is 0 Å². The molecule has 6 nitrogen and oxygen atoms in total. The van der Waals surface area contributed by atoms with E-state index in [0.717, 1.165) is 45.2 Å². The van der Waals surface area contributed by atoms with Crippen LogP contribution in [-0.2, 0) is 17.8 Å². The molecule has 2 aromatic rings. The van der Waals surface area contributed by atoms with Crippen LogP contribution >= 0.6 is 24.0 Å². The molecule has 1 aliphatic heterocycles. The van der Waals surface area contributed by atoms with Crippen molar-refractivity contribution in [1.82, 2.24) is 15.5 Å². The number of benzene rings is 2. The molecule has 2 N–H and O–H groups in total. The second-order valence-corrected chi connectivity index (χ2v) is 8.06. The van der Waals surface area contributed by atoms with Gasteiger partial charge in [-0.1, -0.05) is 42.5 Å². The predicted octanol–water partition coefficient (Wildman–Crippen LogP) is 3.72. The molecule has 1 aliphatic rings. The first-order valence-corrected chi connectivity index (χ1v) is 11.3. The zero-order valence-electron chi connectivity index (χ0n) is 19.6. The summed E-state index contributed by atoms with van der Waals surface area (Å²) in [5, 5.41) is 6.74. The molecule has 1 heterocycles. The van der Waals surface area contributed by atoms with Gasteiger partial charge in [0.25, 0.3) is 0 Å². The van der Waals surface area contributed by atoms with Crippen LogP contribution in [-0.4, -0.2) is 63.3 Å². The van der Waals surface area contributed by atoms with Crippen LogP contribution in [0.4, 0.5) is 5.69 Å². The molecule has 1 saturated heterocycles. The molecule has 1 fully saturated rings. The lowest BCUT2D eigenvalue weighted by Crippen LogP contribution is -2.46. The van der Waals surface area contributed by atoms with E-state index in [1.807, 2.05) is 0 Å². The number of methoxy groups -OCH3 is 1. The van der Waals surface area contributed by atoms with E-state index < -0.39 is 0 Å². The van der Waals surface area contributed by atoms with Gasteiger partial charge in [-0.15, -0.1) is 24.0 Å². The number of halogens is 1. The maximum absolute atomic E-state index is 5.23. The van der Waals surface area contributed by atoms with E-state index in [-0.39, 0.29) is 30.0 Å². The van der Waals surface area contributed by atoms with Gasteiger partial charge in [-0.05, 0) is 37.1 Å². The molecule has 0 aromatic heterocycles. The minimum Gasteiger partial charge on any atom is -0.383 e. The first-order chi connectivity index (χ1) is 15.2. The quantitative estimate of drug-likeness (QED) is 0.283. The molecule has 0 radical (unpaired) electrons. The summed E-state index contributed by atoms with van der Waals surface area (Å²) in [7, 11) is 1.72. The summed E-state index contributed by atoms with van der Waals surface area (Å²) >= 11 is 0. The lowest BCUT2D eigenvalue weighted by atomic mass is 10.1. The fourth-order valence-electron chi connectivity index (χ4n) is 3.92. The van der Waals surface area contributed by atoms with Gasteiger partial charge in [0.2, 0.25) is 0 Å². The van der Waals surface area contributed by atoms with E-state index in [9.17, 15) is 0 Å². The van der Waals surface area contributed by atoms with Crippen molar-refractivity contribution in [2.75, 3.05) is 51.3 Å². The van der Waals surface area contributed by atoms with Crippen molar-refractivity contribution in [1.29, 1.82) is 0 Å². The number of nitrogens with one attached hydrogen (secondary N) is 2. The second kappa shape index (κ2) is 14.3. The Morgan fingerprint density at radius 1 is 1.00 bits per heavy atom. The van der Waals surface area contributed by atoms with Crippen LogP contribution in [0.3, 0.4) is 0 Å². The Morgan fingerprint density at radius 2 is 1.66 bits per heavy atom. The van der Waals surface area contributed by atoms with Crippen LogP contribution in [0.15, 0.2) is 59.6 Å². The SMILES string of the molecule is CCNC(=NCc1ccccc1CN1CCN(c2ccccc2)CC1)NC(C)COC.I. The van der Waals surface area contributed by atoms with Gasteiger partial charge in [0, 0.05) is 58.1 Å². The van der Waals surface area contributed by atoms with E-state index in [1.54, 1.807) is 7.11 Å². The first kappa shape index (κ1) is 26.4. The lowest BCUT2D eigenvalue weighted by Gasteiger charge is -2.36. The fraction of sp³-hybridized carbons (Fsp3) is 0.480. The van der Waals surface area contributed by atoms with Crippen molar-refractivity contribution < 1.29 is 4.74 Å². The van der Waals surface area contributed by atoms with E-state index in [1.165, 1.54) is 16.8 Å². The first-order valence-electron chi connectivity index (χ1n) is 11.3. The van der Waals surface area contributed by atoms with Gasteiger partial charge in [0.15, 0.2) is 5.96 Å². The number of nitrogens with zero attached hydrogens (tertiary/aromatic N) is 3. The van der Waals surface area contributed by atoms with Gasteiger partial charge in [-0.3, -0.25) is 4.90 Å². The van der Waals surface area contributed by atoms with E-state index in [0.29, 0.717) is 13.2 Å². The summed E-state index contributed by atoms with van der Waals surface area (Å²) in [6.07, 6.45) is 0. The molecule has 7 heteroatoms. The molecule has 1 atom stereocenters. The van der Waals surface area contributed by atoms with Gasteiger partial charge in [0.1, 0.15) is 0 Å². The minimum absolute atomic E-state index is 0.